The van der Waals surface area contributed by atoms with Gasteiger partial charge in [0.2, 0.25) is 11.8 Å². The number of anilines is 1. The average Bonchev–Trinajstić information content (AvgIpc) is 2.68. The monoisotopic (exact) mass is 374 g/mol. The number of carbonyl (C=O) groups excluding carboxylic acids is 1. The standard InChI is InChI=1S/C19H23ClN4O2/c1-2-3-4-19(25)24-11-9-23(10-12-24)17-13-18(22-14-21-17)26-16-7-5-15(20)6-8-16/h5-8,13-14H,2-4,9-12H2,1H3. The van der Waals surface area contributed by atoms with Gasteiger partial charge in [-0.25, -0.2) is 9.97 Å². The molecular weight excluding hydrogens is 352 g/mol. The molecule has 1 aliphatic heterocycles. The maximum absolute atomic E-state index is 12.1. The fourth-order valence-corrected chi connectivity index (χ4v) is 2.98. The van der Waals surface area contributed by atoms with Gasteiger partial charge in [0.05, 0.1) is 0 Å². The number of rotatable bonds is 6. The molecule has 26 heavy (non-hydrogen) atoms. The summed E-state index contributed by atoms with van der Waals surface area (Å²) in [6.07, 6.45) is 4.14. The Bertz CT molecular complexity index is 731. The summed E-state index contributed by atoms with van der Waals surface area (Å²) in [7, 11) is 0. The van der Waals surface area contributed by atoms with E-state index in [1.165, 1.54) is 6.33 Å². The Balaban J connectivity index is 1.59. The Hall–Kier alpha value is -2.34. The Morgan fingerprint density at radius 3 is 2.58 bits per heavy atom. The molecule has 0 aliphatic carbocycles. The van der Waals surface area contributed by atoms with Crippen LogP contribution < -0.4 is 9.64 Å². The minimum Gasteiger partial charge on any atom is -0.439 e. The summed E-state index contributed by atoms with van der Waals surface area (Å²) >= 11 is 5.89. The molecule has 1 aromatic carbocycles. The van der Waals surface area contributed by atoms with Gasteiger partial charge in [-0.3, -0.25) is 4.79 Å². The van der Waals surface area contributed by atoms with E-state index in [0.29, 0.717) is 23.1 Å². The van der Waals surface area contributed by atoms with E-state index >= 15 is 0 Å². The molecule has 6 nitrogen and oxygen atoms in total. The van der Waals surface area contributed by atoms with Crippen LogP contribution in [0.2, 0.25) is 5.02 Å². The van der Waals surface area contributed by atoms with E-state index in [2.05, 4.69) is 21.8 Å². The largest absolute Gasteiger partial charge is 0.439 e. The van der Waals surface area contributed by atoms with Gasteiger partial charge in [0.15, 0.2) is 0 Å². The second-order valence-corrected chi connectivity index (χ2v) is 6.68. The predicted molar refractivity (Wildman–Crippen MR) is 102 cm³/mol. The van der Waals surface area contributed by atoms with Crippen LogP contribution in [0.1, 0.15) is 26.2 Å². The first-order valence-electron chi connectivity index (χ1n) is 8.94. The minimum atomic E-state index is 0.251. The van der Waals surface area contributed by atoms with Gasteiger partial charge in [-0.1, -0.05) is 24.9 Å². The molecule has 0 unspecified atom stereocenters. The van der Waals surface area contributed by atoms with Crippen LogP contribution in [-0.2, 0) is 4.79 Å². The molecule has 0 radical (unpaired) electrons. The number of amides is 1. The fourth-order valence-electron chi connectivity index (χ4n) is 2.85. The third kappa shape index (κ3) is 4.85. The zero-order valence-electron chi connectivity index (χ0n) is 14.9. The van der Waals surface area contributed by atoms with Crippen LogP contribution in [0, 0.1) is 0 Å². The summed E-state index contributed by atoms with van der Waals surface area (Å²) in [4.78, 5) is 24.7. The van der Waals surface area contributed by atoms with Gasteiger partial charge in [-0.05, 0) is 30.7 Å². The van der Waals surface area contributed by atoms with Crippen LogP contribution in [0.3, 0.4) is 0 Å². The van der Waals surface area contributed by atoms with E-state index in [1.54, 1.807) is 24.3 Å². The molecule has 1 saturated heterocycles. The Kier molecular flexibility index (Phi) is 6.28. The molecule has 1 amide bonds. The number of ether oxygens (including phenoxy) is 1. The smallest absolute Gasteiger partial charge is 0.224 e. The Morgan fingerprint density at radius 1 is 1.15 bits per heavy atom. The summed E-state index contributed by atoms with van der Waals surface area (Å²) in [6.45, 7) is 5.06. The number of nitrogens with zero attached hydrogens (tertiary/aromatic N) is 4. The lowest BCUT2D eigenvalue weighted by Crippen LogP contribution is -2.49. The van der Waals surface area contributed by atoms with Crippen LogP contribution in [-0.4, -0.2) is 47.0 Å². The Morgan fingerprint density at radius 2 is 1.88 bits per heavy atom. The van der Waals surface area contributed by atoms with Crippen LogP contribution in [0.25, 0.3) is 0 Å². The van der Waals surface area contributed by atoms with Crippen molar-refractivity contribution >= 4 is 23.3 Å². The normalized spacial score (nSPS) is 14.4. The van der Waals surface area contributed by atoms with Crippen molar-refractivity contribution in [1.29, 1.82) is 0 Å². The number of piperazine rings is 1. The first-order valence-corrected chi connectivity index (χ1v) is 9.31. The number of aromatic nitrogens is 2. The third-order valence-corrected chi connectivity index (χ3v) is 4.62. The first-order chi connectivity index (χ1) is 12.7. The van der Waals surface area contributed by atoms with Crippen LogP contribution >= 0.6 is 11.6 Å². The number of benzene rings is 1. The number of carbonyl (C=O) groups is 1. The molecule has 3 rings (SSSR count). The maximum atomic E-state index is 12.1. The number of unbranched alkanes of at least 4 members (excludes halogenated alkanes) is 1. The summed E-state index contributed by atoms with van der Waals surface area (Å²) in [5.74, 6) is 2.22. The SMILES string of the molecule is CCCCC(=O)N1CCN(c2cc(Oc3ccc(Cl)cc3)ncn2)CC1. The maximum Gasteiger partial charge on any atom is 0.224 e. The molecule has 1 fully saturated rings. The molecule has 2 aromatic rings. The second-order valence-electron chi connectivity index (χ2n) is 6.24. The predicted octanol–water partition coefficient (Wildman–Crippen LogP) is 3.76. The van der Waals surface area contributed by atoms with E-state index in [4.69, 9.17) is 16.3 Å². The molecule has 2 heterocycles. The molecule has 0 spiro atoms. The molecule has 1 aliphatic rings. The zero-order chi connectivity index (χ0) is 18.4. The summed E-state index contributed by atoms with van der Waals surface area (Å²) in [5.41, 5.74) is 0. The van der Waals surface area contributed by atoms with Crippen LogP contribution in [0.4, 0.5) is 5.82 Å². The highest BCUT2D eigenvalue weighted by atomic mass is 35.5. The van der Waals surface area contributed by atoms with Crippen molar-refractivity contribution in [3.8, 4) is 11.6 Å². The van der Waals surface area contributed by atoms with Gasteiger partial charge in [0.25, 0.3) is 0 Å². The van der Waals surface area contributed by atoms with Gasteiger partial charge >= 0.3 is 0 Å². The number of hydrogen-bond acceptors (Lipinski definition) is 5. The van der Waals surface area contributed by atoms with E-state index in [-0.39, 0.29) is 5.91 Å². The summed E-state index contributed by atoms with van der Waals surface area (Å²) in [5, 5.41) is 0.659. The van der Waals surface area contributed by atoms with Crippen molar-refractivity contribution in [2.75, 3.05) is 31.1 Å². The van der Waals surface area contributed by atoms with Gasteiger partial charge in [0.1, 0.15) is 17.9 Å². The van der Waals surface area contributed by atoms with Gasteiger partial charge < -0.3 is 14.5 Å². The third-order valence-electron chi connectivity index (χ3n) is 4.36. The van der Waals surface area contributed by atoms with Gasteiger partial charge in [-0.15, -0.1) is 0 Å². The summed E-state index contributed by atoms with van der Waals surface area (Å²) in [6, 6.07) is 8.96. The molecule has 1 aromatic heterocycles. The lowest BCUT2D eigenvalue weighted by atomic mass is 10.2. The van der Waals surface area contributed by atoms with E-state index in [0.717, 1.165) is 44.8 Å². The quantitative estimate of drug-likeness (QED) is 0.770. The average molecular weight is 375 g/mol. The second kappa shape index (κ2) is 8.85. The molecule has 7 heteroatoms. The van der Waals surface area contributed by atoms with Crippen molar-refractivity contribution in [2.24, 2.45) is 0 Å². The van der Waals surface area contributed by atoms with E-state index in [9.17, 15) is 4.79 Å². The topological polar surface area (TPSA) is 58.6 Å². The first kappa shape index (κ1) is 18.5. The summed E-state index contributed by atoms with van der Waals surface area (Å²) < 4.78 is 5.77. The highest BCUT2D eigenvalue weighted by molar-refractivity contribution is 6.30. The van der Waals surface area contributed by atoms with Crippen LogP contribution in [0.15, 0.2) is 36.7 Å². The van der Waals surface area contributed by atoms with Crippen LogP contribution in [0.5, 0.6) is 11.6 Å². The fraction of sp³-hybridized carbons (Fsp3) is 0.421. The van der Waals surface area contributed by atoms with Gasteiger partial charge in [-0.2, -0.15) is 0 Å². The highest BCUT2D eigenvalue weighted by Crippen LogP contribution is 2.24. The van der Waals surface area contributed by atoms with E-state index < -0.39 is 0 Å². The molecule has 138 valence electrons. The van der Waals surface area contributed by atoms with Crippen molar-refractivity contribution in [3.05, 3.63) is 41.7 Å². The lowest BCUT2D eigenvalue weighted by molar-refractivity contribution is -0.131. The molecule has 0 saturated carbocycles. The van der Waals surface area contributed by atoms with Gasteiger partial charge in [0, 0.05) is 43.7 Å². The van der Waals surface area contributed by atoms with Crippen molar-refractivity contribution < 1.29 is 9.53 Å². The van der Waals surface area contributed by atoms with E-state index in [1.807, 2.05) is 11.0 Å². The Labute approximate surface area is 158 Å². The number of halogens is 1. The highest BCUT2D eigenvalue weighted by Gasteiger charge is 2.21. The zero-order valence-corrected chi connectivity index (χ0v) is 15.7. The van der Waals surface area contributed by atoms with Crippen molar-refractivity contribution in [1.82, 2.24) is 14.9 Å². The minimum absolute atomic E-state index is 0.251. The number of hydrogen-bond donors (Lipinski definition) is 0. The molecule has 0 bridgehead atoms. The molecular formula is C19H23ClN4O2. The molecule has 0 atom stereocenters. The van der Waals surface area contributed by atoms with Crippen molar-refractivity contribution in [2.45, 2.75) is 26.2 Å². The van der Waals surface area contributed by atoms with Crippen molar-refractivity contribution in [3.63, 3.8) is 0 Å². The molecule has 0 N–H and O–H groups in total. The lowest BCUT2D eigenvalue weighted by Gasteiger charge is -2.35.